The number of hydrogen-bond donors (Lipinski definition) is 0. The molecule has 0 aliphatic heterocycles. The second-order valence-electron chi connectivity index (χ2n) is 6.66. The SMILES string of the molecule is CCN(C)/C=N/c1ccc(C(=O)OC(C)c2ccc(C)cc2)c(C)c1C. The van der Waals surface area contributed by atoms with Crippen LogP contribution in [-0.4, -0.2) is 30.8 Å². The molecular formula is C22H28N2O2. The first kappa shape index (κ1) is 19.7. The van der Waals surface area contributed by atoms with Gasteiger partial charge in [0, 0.05) is 13.6 Å². The first-order chi connectivity index (χ1) is 12.3. The Labute approximate surface area is 156 Å². The fraction of sp³-hybridized carbons (Fsp3) is 0.364. The van der Waals surface area contributed by atoms with E-state index in [1.54, 1.807) is 12.4 Å². The summed E-state index contributed by atoms with van der Waals surface area (Å²) in [4.78, 5) is 19.1. The van der Waals surface area contributed by atoms with Gasteiger partial charge in [-0.15, -0.1) is 0 Å². The van der Waals surface area contributed by atoms with Gasteiger partial charge in [-0.2, -0.15) is 0 Å². The molecule has 0 saturated heterocycles. The number of nitrogens with zero attached hydrogens (tertiary/aromatic N) is 2. The smallest absolute Gasteiger partial charge is 0.339 e. The highest BCUT2D eigenvalue weighted by molar-refractivity contribution is 5.92. The van der Waals surface area contributed by atoms with Gasteiger partial charge in [0.15, 0.2) is 0 Å². The van der Waals surface area contributed by atoms with E-state index < -0.39 is 0 Å². The van der Waals surface area contributed by atoms with Crippen LogP contribution in [0.4, 0.5) is 5.69 Å². The number of carbonyl (C=O) groups excluding carboxylic acids is 1. The molecule has 0 N–H and O–H groups in total. The molecule has 138 valence electrons. The van der Waals surface area contributed by atoms with Crippen LogP contribution in [0.1, 0.15) is 52.6 Å². The number of hydrogen-bond acceptors (Lipinski definition) is 3. The van der Waals surface area contributed by atoms with Gasteiger partial charge >= 0.3 is 5.97 Å². The Hall–Kier alpha value is -2.62. The van der Waals surface area contributed by atoms with E-state index in [2.05, 4.69) is 11.9 Å². The predicted molar refractivity (Wildman–Crippen MR) is 107 cm³/mol. The van der Waals surface area contributed by atoms with Crippen molar-refractivity contribution in [2.45, 2.75) is 40.7 Å². The van der Waals surface area contributed by atoms with Crippen molar-refractivity contribution in [2.75, 3.05) is 13.6 Å². The number of esters is 1. The molecule has 2 rings (SSSR count). The maximum Gasteiger partial charge on any atom is 0.339 e. The largest absolute Gasteiger partial charge is 0.454 e. The number of benzene rings is 2. The average molecular weight is 352 g/mol. The topological polar surface area (TPSA) is 41.9 Å². The van der Waals surface area contributed by atoms with Gasteiger partial charge in [-0.3, -0.25) is 0 Å². The molecule has 26 heavy (non-hydrogen) atoms. The molecule has 0 bridgehead atoms. The summed E-state index contributed by atoms with van der Waals surface area (Å²) in [5.41, 5.74) is 5.52. The summed E-state index contributed by atoms with van der Waals surface area (Å²) < 4.78 is 5.67. The molecule has 4 heteroatoms. The van der Waals surface area contributed by atoms with E-state index in [0.29, 0.717) is 5.56 Å². The monoisotopic (exact) mass is 352 g/mol. The number of aryl methyl sites for hydroxylation is 1. The molecule has 2 aromatic rings. The first-order valence-corrected chi connectivity index (χ1v) is 8.95. The lowest BCUT2D eigenvalue weighted by atomic mass is 10.0. The molecule has 0 aliphatic carbocycles. The summed E-state index contributed by atoms with van der Waals surface area (Å²) in [6.45, 7) is 10.8. The molecule has 0 aromatic heterocycles. The highest BCUT2D eigenvalue weighted by Gasteiger charge is 2.17. The molecule has 0 radical (unpaired) electrons. The van der Waals surface area contributed by atoms with Crippen molar-refractivity contribution < 1.29 is 9.53 Å². The predicted octanol–water partition coefficient (Wildman–Crippen LogP) is 5.14. The van der Waals surface area contributed by atoms with E-state index in [-0.39, 0.29) is 12.1 Å². The zero-order valence-corrected chi connectivity index (χ0v) is 16.5. The Balaban J connectivity index is 2.17. The van der Waals surface area contributed by atoms with Gasteiger partial charge in [0.1, 0.15) is 6.10 Å². The van der Waals surface area contributed by atoms with E-state index in [4.69, 9.17) is 4.74 Å². The maximum absolute atomic E-state index is 12.6. The van der Waals surface area contributed by atoms with Crippen LogP contribution in [0.3, 0.4) is 0 Å². The third-order valence-corrected chi connectivity index (χ3v) is 4.70. The van der Waals surface area contributed by atoms with Crippen LogP contribution in [0.5, 0.6) is 0 Å². The second kappa shape index (κ2) is 8.65. The standard InChI is InChI=1S/C22H28N2O2/c1-7-24(6)14-23-21-13-12-20(16(3)17(21)4)22(25)26-18(5)19-10-8-15(2)9-11-19/h8-14,18H,7H2,1-6H3/b23-14+. The van der Waals surface area contributed by atoms with E-state index in [1.807, 2.05) is 70.0 Å². The normalized spacial score (nSPS) is 12.2. The quantitative estimate of drug-likeness (QED) is 0.410. The molecule has 2 aromatic carbocycles. The van der Waals surface area contributed by atoms with Crippen LogP contribution in [-0.2, 0) is 4.74 Å². The van der Waals surface area contributed by atoms with Crippen molar-refractivity contribution in [3.63, 3.8) is 0 Å². The summed E-state index contributed by atoms with van der Waals surface area (Å²) in [6, 6.07) is 11.7. The van der Waals surface area contributed by atoms with E-state index in [9.17, 15) is 4.79 Å². The van der Waals surface area contributed by atoms with Gasteiger partial charge in [0.05, 0.1) is 17.6 Å². The van der Waals surface area contributed by atoms with Gasteiger partial charge in [-0.1, -0.05) is 29.8 Å². The molecule has 0 spiro atoms. The number of rotatable bonds is 6. The van der Waals surface area contributed by atoms with Crippen molar-refractivity contribution in [3.05, 3.63) is 64.2 Å². The Morgan fingerprint density at radius 1 is 1.12 bits per heavy atom. The lowest BCUT2D eigenvalue weighted by molar-refractivity contribution is 0.0337. The lowest BCUT2D eigenvalue weighted by Crippen LogP contribution is -2.14. The van der Waals surface area contributed by atoms with Crippen molar-refractivity contribution >= 4 is 18.0 Å². The molecule has 1 atom stereocenters. The van der Waals surface area contributed by atoms with Crippen LogP contribution in [0.2, 0.25) is 0 Å². The molecule has 4 nitrogen and oxygen atoms in total. The van der Waals surface area contributed by atoms with Gasteiger partial charge in [0.2, 0.25) is 0 Å². The van der Waals surface area contributed by atoms with Crippen LogP contribution >= 0.6 is 0 Å². The molecule has 1 unspecified atom stereocenters. The lowest BCUT2D eigenvalue weighted by Gasteiger charge is -2.16. The zero-order valence-electron chi connectivity index (χ0n) is 16.5. The van der Waals surface area contributed by atoms with Gasteiger partial charge in [0.25, 0.3) is 0 Å². The highest BCUT2D eigenvalue weighted by Crippen LogP contribution is 2.27. The Morgan fingerprint density at radius 2 is 1.77 bits per heavy atom. The number of ether oxygens (including phenoxy) is 1. The number of carbonyl (C=O) groups is 1. The van der Waals surface area contributed by atoms with E-state index in [0.717, 1.165) is 28.9 Å². The number of aliphatic imine (C=N–C) groups is 1. The third kappa shape index (κ3) is 4.72. The fourth-order valence-electron chi connectivity index (χ4n) is 2.54. The van der Waals surface area contributed by atoms with Crippen molar-refractivity contribution in [1.29, 1.82) is 0 Å². The highest BCUT2D eigenvalue weighted by atomic mass is 16.5. The van der Waals surface area contributed by atoms with Gasteiger partial charge in [-0.05, 0) is 63.4 Å². The molecule has 0 heterocycles. The summed E-state index contributed by atoms with van der Waals surface area (Å²) in [5, 5.41) is 0. The Bertz CT molecular complexity index is 795. The van der Waals surface area contributed by atoms with Crippen molar-refractivity contribution in [2.24, 2.45) is 4.99 Å². The minimum atomic E-state index is -0.306. The van der Waals surface area contributed by atoms with E-state index >= 15 is 0 Å². The average Bonchev–Trinajstić information content (AvgIpc) is 2.62. The minimum absolute atomic E-state index is 0.293. The molecule has 0 amide bonds. The maximum atomic E-state index is 12.6. The summed E-state index contributed by atoms with van der Waals surface area (Å²) in [6.07, 6.45) is 1.51. The third-order valence-electron chi connectivity index (χ3n) is 4.70. The molecule has 0 saturated carbocycles. The minimum Gasteiger partial charge on any atom is -0.454 e. The molecular weight excluding hydrogens is 324 g/mol. The summed E-state index contributed by atoms with van der Waals surface area (Å²) in [5.74, 6) is -0.306. The summed E-state index contributed by atoms with van der Waals surface area (Å²) >= 11 is 0. The van der Waals surface area contributed by atoms with Crippen LogP contribution in [0, 0.1) is 20.8 Å². The second-order valence-corrected chi connectivity index (χ2v) is 6.66. The van der Waals surface area contributed by atoms with Crippen LogP contribution in [0.25, 0.3) is 0 Å². The van der Waals surface area contributed by atoms with Crippen molar-refractivity contribution in [3.8, 4) is 0 Å². The molecule has 0 fully saturated rings. The molecule has 0 aliphatic rings. The van der Waals surface area contributed by atoms with Crippen LogP contribution < -0.4 is 0 Å². The Kier molecular flexibility index (Phi) is 6.56. The van der Waals surface area contributed by atoms with Crippen LogP contribution in [0.15, 0.2) is 41.4 Å². The fourth-order valence-corrected chi connectivity index (χ4v) is 2.54. The van der Waals surface area contributed by atoms with E-state index in [1.165, 1.54) is 5.56 Å². The Morgan fingerprint density at radius 3 is 2.38 bits per heavy atom. The van der Waals surface area contributed by atoms with Gasteiger partial charge < -0.3 is 9.64 Å². The zero-order chi connectivity index (χ0) is 19.3. The van der Waals surface area contributed by atoms with Crippen molar-refractivity contribution in [1.82, 2.24) is 4.90 Å². The summed E-state index contributed by atoms with van der Waals surface area (Å²) in [7, 11) is 1.98. The first-order valence-electron chi connectivity index (χ1n) is 8.95. The van der Waals surface area contributed by atoms with Gasteiger partial charge in [-0.25, -0.2) is 9.79 Å².